The van der Waals surface area contributed by atoms with Crippen molar-refractivity contribution in [2.45, 2.75) is 10.8 Å². The number of benzene rings is 2. The number of nitrogens with zero attached hydrogens (tertiary/aromatic N) is 2. The Morgan fingerprint density at radius 2 is 1.79 bits per heavy atom. The zero-order chi connectivity index (χ0) is 20.3. The van der Waals surface area contributed by atoms with Crippen LogP contribution in [0.5, 0.6) is 5.75 Å². The molecule has 0 aliphatic heterocycles. The molecule has 0 aliphatic carbocycles. The number of rotatable bonds is 7. The smallest absolute Gasteiger partial charge is 0.274 e. The minimum Gasteiger partial charge on any atom is -0.495 e. The van der Waals surface area contributed by atoms with E-state index in [1.54, 1.807) is 47.8 Å². The molecular weight excluding hydrogens is 408 g/mol. The molecule has 4 rings (SSSR count). The van der Waals surface area contributed by atoms with Gasteiger partial charge in [0, 0.05) is 11.6 Å². The first-order chi connectivity index (χ1) is 14.1. The Balaban J connectivity index is 1.75. The lowest BCUT2D eigenvalue weighted by Gasteiger charge is -2.24. The monoisotopic (exact) mass is 426 g/mol. The van der Waals surface area contributed by atoms with Gasteiger partial charge in [-0.2, -0.15) is 0 Å². The number of hydrogen-bond donors (Lipinski definition) is 0. The van der Waals surface area contributed by atoms with Crippen molar-refractivity contribution in [1.29, 1.82) is 0 Å². The van der Waals surface area contributed by atoms with Crippen LogP contribution in [0.3, 0.4) is 0 Å². The van der Waals surface area contributed by atoms with Crippen molar-refractivity contribution in [3.63, 3.8) is 0 Å². The van der Waals surface area contributed by atoms with E-state index >= 15 is 0 Å². The summed E-state index contributed by atoms with van der Waals surface area (Å²) in [6.07, 6.45) is 0. The van der Waals surface area contributed by atoms with Crippen LogP contribution in [0.4, 0.5) is 5.69 Å². The minimum atomic E-state index is -3.81. The molecule has 2 aromatic heterocycles. The average molecular weight is 427 g/mol. The Labute approximate surface area is 173 Å². The van der Waals surface area contributed by atoms with Crippen molar-refractivity contribution in [2.75, 3.05) is 11.4 Å². The van der Waals surface area contributed by atoms with Crippen LogP contribution < -0.4 is 9.04 Å². The maximum absolute atomic E-state index is 13.4. The van der Waals surface area contributed by atoms with Gasteiger partial charge in [0.05, 0.1) is 19.3 Å². The van der Waals surface area contributed by atoms with Crippen LogP contribution in [0.1, 0.15) is 5.69 Å². The Morgan fingerprint density at radius 1 is 1.03 bits per heavy atom. The third kappa shape index (κ3) is 3.90. The molecule has 0 spiro atoms. The summed E-state index contributed by atoms with van der Waals surface area (Å²) < 4.78 is 39.1. The fraction of sp³-hybridized carbons (Fsp3) is 0.0952. The van der Waals surface area contributed by atoms with Crippen molar-refractivity contribution in [2.24, 2.45) is 0 Å². The van der Waals surface area contributed by atoms with Gasteiger partial charge in [0.1, 0.15) is 15.7 Å². The molecule has 148 valence electrons. The highest BCUT2D eigenvalue weighted by molar-refractivity contribution is 7.94. The summed E-state index contributed by atoms with van der Waals surface area (Å²) in [6.45, 7) is 0.0109. The van der Waals surface area contributed by atoms with Crippen LogP contribution in [0, 0.1) is 0 Å². The van der Waals surface area contributed by atoms with E-state index in [1.807, 2.05) is 30.3 Å². The van der Waals surface area contributed by atoms with Crippen LogP contribution >= 0.6 is 11.3 Å². The molecular formula is C21H18N2O4S2. The van der Waals surface area contributed by atoms with E-state index < -0.39 is 10.0 Å². The molecule has 0 amide bonds. The van der Waals surface area contributed by atoms with Gasteiger partial charge in [-0.05, 0) is 23.6 Å². The molecule has 0 radical (unpaired) electrons. The van der Waals surface area contributed by atoms with E-state index in [4.69, 9.17) is 9.26 Å². The van der Waals surface area contributed by atoms with Crippen LogP contribution in [-0.2, 0) is 16.6 Å². The molecule has 29 heavy (non-hydrogen) atoms. The predicted octanol–water partition coefficient (Wildman–Crippen LogP) is 4.81. The first-order valence-electron chi connectivity index (χ1n) is 8.80. The lowest BCUT2D eigenvalue weighted by atomic mass is 10.1. The highest BCUT2D eigenvalue weighted by Gasteiger charge is 2.29. The fourth-order valence-corrected chi connectivity index (χ4v) is 5.48. The SMILES string of the molecule is COc1ccccc1N(Cc1cc(-c2ccccc2)on1)S(=O)(=O)c1cccs1. The van der Waals surface area contributed by atoms with Crippen LogP contribution in [0.2, 0.25) is 0 Å². The Kier molecular flexibility index (Phi) is 5.37. The van der Waals surface area contributed by atoms with Crippen molar-refractivity contribution in [3.05, 3.63) is 83.9 Å². The summed E-state index contributed by atoms with van der Waals surface area (Å²) in [5, 5.41) is 5.82. The maximum atomic E-state index is 13.4. The standard InChI is InChI=1S/C21H18N2O4S2/c1-26-19-11-6-5-10-18(19)23(29(24,25)21-12-7-13-28-21)15-17-14-20(27-22-17)16-8-3-2-4-9-16/h2-14H,15H2,1H3. The van der Waals surface area contributed by atoms with Crippen molar-refractivity contribution in [3.8, 4) is 17.1 Å². The van der Waals surface area contributed by atoms with Crippen molar-refractivity contribution < 1.29 is 17.7 Å². The predicted molar refractivity (Wildman–Crippen MR) is 113 cm³/mol. The van der Waals surface area contributed by atoms with E-state index in [-0.39, 0.29) is 10.8 Å². The Hall–Kier alpha value is -3.10. The Bertz CT molecular complexity index is 1190. The lowest BCUT2D eigenvalue weighted by Crippen LogP contribution is -2.30. The molecule has 0 bridgehead atoms. The second-order valence-corrected chi connectivity index (χ2v) is 9.20. The summed E-state index contributed by atoms with van der Waals surface area (Å²) in [7, 11) is -2.29. The summed E-state index contributed by atoms with van der Waals surface area (Å²) in [4.78, 5) is 0. The van der Waals surface area contributed by atoms with Gasteiger partial charge in [-0.3, -0.25) is 4.31 Å². The van der Waals surface area contributed by atoms with E-state index in [2.05, 4.69) is 5.16 Å². The van der Waals surface area contributed by atoms with Gasteiger partial charge in [0.25, 0.3) is 10.0 Å². The van der Waals surface area contributed by atoms with E-state index in [9.17, 15) is 8.42 Å². The zero-order valence-corrected chi connectivity index (χ0v) is 17.2. The number of thiophene rings is 1. The second kappa shape index (κ2) is 8.10. The minimum absolute atomic E-state index is 0.0109. The third-order valence-electron chi connectivity index (χ3n) is 4.32. The summed E-state index contributed by atoms with van der Waals surface area (Å²) in [6, 6.07) is 21.6. The molecule has 0 atom stereocenters. The van der Waals surface area contributed by atoms with Gasteiger partial charge in [0.2, 0.25) is 0 Å². The molecule has 0 N–H and O–H groups in total. The van der Waals surface area contributed by atoms with E-state index in [0.29, 0.717) is 22.9 Å². The van der Waals surface area contributed by atoms with Gasteiger partial charge >= 0.3 is 0 Å². The van der Waals surface area contributed by atoms with Gasteiger partial charge in [-0.15, -0.1) is 11.3 Å². The van der Waals surface area contributed by atoms with E-state index in [0.717, 1.165) is 16.9 Å². The number of sulfonamides is 1. The molecule has 4 aromatic rings. The molecule has 2 aromatic carbocycles. The quantitative estimate of drug-likeness (QED) is 0.424. The maximum Gasteiger partial charge on any atom is 0.274 e. The molecule has 8 heteroatoms. The number of anilines is 1. The first-order valence-corrected chi connectivity index (χ1v) is 11.1. The molecule has 0 saturated carbocycles. The van der Waals surface area contributed by atoms with Crippen molar-refractivity contribution in [1.82, 2.24) is 5.16 Å². The lowest BCUT2D eigenvalue weighted by molar-refractivity contribution is 0.414. The Morgan fingerprint density at radius 3 is 2.52 bits per heavy atom. The molecule has 0 aliphatic rings. The number of methoxy groups -OCH3 is 1. The first kappa shape index (κ1) is 19.2. The number of para-hydroxylation sites is 2. The van der Waals surface area contributed by atoms with Gasteiger partial charge in [0.15, 0.2) is 5.76 Å². The summed E-state index contributed by atoms with van der Waals surface area (Å²) in [5.74, 6) is 1.04. The fourth-order valence-electron chi connectivity index (χ4n) is 2.93. The van der Waals surface area contributed by atoms with E-state index in [1.165, 1.54) is 11.4 Å². The molecule has 0 saturated heterocycles. The highest BCUT2D eigenvalue weighted by atomic mass is 32.2. The average Bonchev–Trinajstić information content (AvgIpc) is 3.45. The third-order valence-corrected chi connectivity index (χ3v) is 7.45. The summed E-state index contributed by atoms with van der Waals surface area (Å²) >= 11 is 1.16. The molecule has 0 fully saturated rings. The second-order valence-electron chi connectivity index (χ2n) is 6.16. The number of aromatic nitrogens is 1. The molecule has 0 unspecified atom stereocenters. The molecule has 6 nitrogen and oxygen atoms in total. The molecule has 2 heterocycles. The highest BCUT2D eigenvalue weighted by Crippen LogP contribution is 2.35. The summed E-state index contributed by atoms with van der Waals surface area (Å²) in [5.41, 5.74) is 1.80. The zero-order valence-electron chi connectivity index (χ0n) is 15.6. The van der Waals surface area contributed by atoms with Gasteiger partial charge in [-0.1, -0.05) is 53.7 Å². The van der Waals surface area contributed by atoms with Gasteiger partial charge in [-0.25, -0.2) is 8.42 Å². The largest absolute Gasteiger partial charge is 0.495 e. The van der Waals surface area contributed by atoms with Crippen LogP contribution in [0.25, 0.3) is 11.3 Å². The topological polar surface area (TPSA) is 72.6 Å². The number of hydrogen-bond acceptors (Lipinski definition) is 6. The number of ether oxygens (including phenoxy) is 1. The van der Waals surface area contributed by atoms with Gasteiger partial charge < -0.3 is 9.26 Å². The van der Waals surface area contributed by atoms with Crippen LogP contribution in [0.15, 0.2) is 86.9 Å². The van der Waals surface area contributed by atoms with Crippen LogP contribution in [-0.4, -0.2) is 20.7 Å². The normalized spacial score (nSPS) is 11.3. The van der Waals surface area contributed by atoms with Crippen molar-refractivity contribution >= 4 is 27.0 Å².